The average Bonchev–Trinajstić information content (AvgIpc) is 3.17. The molecule has 0 aliphatic rings. The van der Waals surface area contributed by atoms with Gasteiger partial charge in [0.25, 0.3) is 0 Å². The summed E-state index contributed by atoms with van der Waals surface area (Å²) in [5, 5.41) is 9.92. The molecule has 0 bridgehead atoms. The van der Waals surface area contributed by atoms with E-state index < -0.39 is 20.5 Å². The van der Waals surface area contributed by atoms with E-state index in [1.165, 1.54) is 186 Å². The van der Waals surface area contributed by atoms with Crippen LogP contribution < -0.4 is 0 Å². The van der Waals surface area contributed by atoms with Crippen molar-refractivity contribution in [3.05, 3.63) is 24.3 Å². The number of allylic oxidation sites excluding steroid dienone is 4. The van der Waals surface area contributed by atoms with Crippen molar-refractivity contribution in [1.29, 1.82) is 0 Å². The Hall–Kier alpha value is -1.02. The number of unbranched alkanes of at least 4 members (excludes halogenated alkanes) is 30. The lowest BCUT2D eigenvalue weighted by Crippen LogP contribution is -2.37. The molecule has 9 heteroatoms. The van der Waals surface area contributed by atoms with E-state index in [-0.39, 0.29) is 19.2 Å². The van der Waals surface area contributed by atoms with Crippen molar-refractivity contribution in [3.8, 4) is 0 Å². The Morgan fingerprint density at radius 2 is 0.912 bits per heavy atom. The topological polar surface area (TPSA) is 102 Å². The summed E-state index contributed by atoms with van der Waals surface area (Å²) in [4.78, 5) is 21.7. The quantitative estimate of drug-likeness (QED) is 0.0207. The first-order valence-electron chi connectivity index (χ1n) is 24.1. The number of carbonyl (C=O) groups is 1. The Kier molecular flexibility index (Phi) is 41.0. The molecule has 0 spiro atoms. The Labute approximate surface area is 353 Å². The van der Waals surface area contributed by atoms with Crippen LogP contribution in [0.3, 0.4) is 0 Å². The van der Waals surface area contributed by atoms with E-state index in [4.69, 9.17) is 13.8 Å². The van der Waals surface area contributed by atoms with Gasteiger partial charge in [0.2, 0.25) is 0 Å². The molecule has 0 heterocycles. The Morgan fingerprint density at radius 3 is 1.30 bits per heavy atom. The number of esters is 1. The van der Waals surface area contributed by atoms with E-state index in [1.807, 2.05) is 21.1 Å². The fourth-order valence-electron chi connectivity index (χ4n) is 6.93. The number of aliphatic hydroxyl groups excluding tert-OH is 1. The molecule has 0 aromatic rings. The van der Waals surface area contributed by atoms with Crippen LogP contribution in [-0.4, -0.2) is 74.1 Å². The molecule has 0 rings (SSSR count). The molecule has 2 unspecified atom stereocenters. The van der Waals surface area contributed by atoms with E-state index in [9.17, 15) is 19.4 Å². The molecule has 338 valence electrons. The molecule has 57 heavy (non-hydrogen) atoms. The van der Waals surface area contributed by atoms with Crippen LogP contribution in [-0.2, 0) is 23.1 Å². The van der Waals surface area contributed by atoms with Crippen LogP contribution in [0.2, 0.25) is 0 Å². The van der Waals surface area contributed by atoms with E-state index in [0.29, 0.717) is 17.4 Å². The highest BCUT2D eigenvalue weighted by Gasteiger charge is 2.24. The van der Waals surface area contributed by atoms with Gasteiger partial charge in [-0.25, -0.2) is 4.57 Å². The summed E-state index contributed by atoms with van der Waals surface area (Å²) in [5.41, 5.74) is 0. The molecule has 0 radical (unpaired) electrons. The maximum absolute atomic E-state index is 12.0. The maximum Gasteiger partial charge on any atom is 0.472 e. The lowest BCUT2D eigenvalue weighted by Gasteiger charge is -2.24. The minimum absolute atomic E-state index is 0.0564. The molecular weight excluding hydrogens is 734 g/mol. The monoisotopic (exact) mass is 829 g/mol. The van der Waals surface area contributed by atoms with Gasteiger partial charge in [-0.05, 0) is 38.5 Å². The van der Waals surface area contributed by atoms with Gasteiger partial charge in [0.1, 0.15) is 25.9 Å². The van der Waals surface area contributed by atoms with Crippen LogP contribution in [0.15, 0.2) is 24.3 Å². The molecule has 0 aromatic heterocycles. The summed E-state index contributed by atoms with van der Waals surface area (Å²) in [6.07, 6.45) is 52.6. The number of likely N-dealkylation sites (N-methyl/N-ethyl adjacent to an activating group) is 1. The Bertz CT molecular complexity index is 967. The average molecular weight is 829 g/mol. The third kappa shape index (κ3) is 47.5. The number of phosphoric ester groups is 1. The number of rotatable bonds is 45. The first-order chi connectivity index (χ1) is 27.6. The highest BCUT2D eigenvalue weighted by Crippen LogP contribution is 2.43. The first-order valence-corrected chi connectivity index (χ1v) is 25.6. The molecule has 0 amide bonds. The van der Waals surface area contributed by atoms with Gasteiger partial charge in [0, 0.05) is 6.42 Å². The Morgan fingerprint density at radius 1 is 0.544 bits per heavy atom. The minimum atomic E-state index is -4.25. The summed E-state index contributed by atoms with van der Waals surface area (Å²) >= 11 is 0. The van der Waals surface area contributed by atoms with Gasteiger partial charge in [-0.15, -0.1) is 0 Å². The van der Waals surface area contributed by atoms with Crippen molar-refractivity contribution < 1.29 is 37.6 Å². The number of ether oxygens (including phenoxy) is 1. The normalized spacial score (nSPS) is 13.9. The predicted octanol–water partition coefficient (Wildman–Crippen LogP) is 14.1. The zero-order valence-electron chi connectivity index (χ0n) is 38.1. The number of phosphoric acid groups is 1. The minimum Gasteiger partial charge on any atom is -0.463 e. The zero-order chi connectivity index (χ0) is 42.0. The van der Waals surface area contributed by atoms with Gasteiger partial charge in [0.05, 0.1) is 27.7 Å². The second kappa shape index (κ2) is 41.7. The zero-order valence-corrected chi connectivity index (χ0v) is 39.0. The highest BCUT2D eigenvalue weighted by atomic mass is 31.2. The van der Waals surface area contributed by atoms with E-state index in [2.05, 4.69) is 31.2 Å². The van der Waals surface area contributed by atoms with Crippen molar-refractivity contribution >= 4 is 13.8 Å². The molecule has 0 fully saturated rings. The maximum atomic E-state index is 12.0. The fourth-order valence-corrected chi connectivity index (χ4v) is 7.67. The summed E-state index contributed by atoms with van der Waals surface area (Å²) in [6, 6.07) is 0. The summed E-state index contributed by atoms with van der Waals surface area (Å²) in [5.74, 6) is -0.366. The number of aliphatic hydroxyl groups is 1. The van der Waals surface area contributed by atoms with Gasteiger partial charge >= 0.3 is 13.8 Å². The standard InChI is InChI=1S/C48H94NO7P/c1-5-6-7-8-9-10-11-12-13-14-15-16-17-18-19-20-21-22-23-24-25-26-27-28-29-30-31-32-33-34-35-36-37-38-39-40-41-42-48(51)54-45-47(50)46-56-57(52,53)55-44-43-49(2,3)4/h11-12,14-15,47,50H,5-10,13,16-46H2,1-4H3/p+1/b12-11-,15-14-. The van der Waals surface area contributed by atoms with Gasteiger partial charge in [-0.1, -0.05) is 205 Å². The second-order valence-electron chi connectivity index (χ2n) is 17.7. The summed E-state index contributed by atoms with van der Waals surface area (Å²) in [7, 11) is 1.57. The molecule has 8 nitrogen and oxygen atoms in total. The van der Waals surface area contributed by atoms with Gasteiger partial charge in [0.15, 0.2) is 0 Å². The lowest BCUT2D eigenvalue weighted by molar-refractivity contribution is -0.870. The largest absolute Gasteiger partial charge is 0.472 e. The number of quaternary nitrogens is 1. The fraction of sp³-hybridized carbons (Fsp3) is 0.896. The number of hydrogen-bond donors (Lipinski definition) is 2. The van der Waals surface area contributed by atoms with Crippen molar-refractivity contribution in [2.45, 2.75) is 231 Å². The van der Waals surface area contributed by atoms with Gasteiger partial charge < -0.3 is 19.2 Å². The summed E-state index contributed by atoms with van der Waals surface area (Å²) < 4.78 is 27.3. The third-order valence-corrected chi connectivity index (χ3v) is 11.7. The van der Waals surface area contributed by atoms with Gasteiger partial charge in [-0.3, -0.25) is 13.8 Å². The second-order valence-corrected chi connectivity index (χ2v) is 19.2. The first kappa shape index (κ1) is 56.0. The van der Waals surface area contributed by atoms with Crippen molar-refractivity contribution in [2.75, 3.05) is 47.5 Å². The molecule has 0 saturated carbocycles. The third-order valence-electron chi connectivity index (χ3n) is 10.7. The molecular formula is C48H95NO7P+. The predicted molar refractivity (Wildman–Crippen MR) is 243 cm³/mol. The van der Waals surface area contributed by atoms with Crippen LogP contribution in [0.25, 0.3) is 0 Å². The van der Waals surface area contributed by atoms with Crippen LogP contribution >= 0.6 is 7.82 Å². The van der Waals surface area contributed by atoms with Gasteiger partial charge in [-0.2, -0.15) is 0 Å². The Balaban J connectivity index is 3.31. The molecule has 2 N–H and O–H groups in total. The molecule has 0 aliphatic carbocycles. The van der Waals surface area contributed by atoms with E-state index in [1.54, 1.807) is 0 Å². The van der Waals surface area contributed by atoms with Crippen molar-refractivity contribution in [3.63, 3.8) is 0 Å². The van der Waals surface area contributed by atoms with Crippen LogP contribution in [0.5, 0.6) is 0 Å². The lowest BCUT2D eigenvalue weighted by atomic mass is 10.0. The van der Waals surface area contributed by atoms with Crippen LogP contribution in [0.1, 0.15) is 225 Å². The number of carbonyl (C=O) groups excluding carboxylic acids is 1. The van der Waals surface area contributed by atoms with Crippen LogP contribution in [0, 0.1) is 0 Å². The smallest absolute Gasteiger partial charge is 0.463 e. The molecule has 0 aliphatic heterocycles. The van der Waals surface area contributed by atoms with E-state index >= 15 is 0 Å². The van der Waals surface area contributed by atoms with Crippen molar-refractivity contribution in [2.24, 2.45) is 0 Å². The highest BCUT2D eigenvalue weighted by molar-refractivity contribution is 7.47. The molecule has 2 atom stereocenters. The number of hydrogen-bond acceptors (Lipinski definition) is 6. The van der Waals surface area contributed by atoms with Crippen molar-refractivity contribution in [1.82, 2.24) is 0 Å². The van der Waals surface area contributed by atoms with Crippen LogP contribution in [0.4, 0.5) is 0 Å². The molecule has 0 saturated heterocycles. The SMILES string of the molecule is CCCCCCC/C=C\C/C=C\CCCCCCCCCCCCCCCCCCCCCCCCCCCC(=O)OCC(O)COP(=O)(O)OCC[N+](C)(C)C. The number of nitrogens with zero attached hydrogens (tertiary/aromatic N) is 1. The van der Waals surface area contributed by atoms with E-state index in [0.717, 1.165) is 25.7 Å². The molecule has 0 aromatic carbocycles. The summed E-state index contributed by atoms with van der Waals surface area (Å²) in [6.45, 7) is 2.16.